The van der Waals surface area contributed by atoms with E-state index in [4.69, 9.17) is 63.3 Å². The zero-order valence-corrected chi connectivity index (χ0v) is 48.6. The summed E-state index contributed by atoms with van der Waals surface area (Å²) in [6.07, 6.45) is -39.5. The first-order chi connectivity index (χ1) is 42.3. The fourth-order valence-corrected chi connectivity index (χ4v) is 11.4. The fourth-order valence-electron chi connectivity index (χ4n) is 10.9. The van der Waals surface area contributed by atoms with Crippen LogP contribution in [0.1, 0.15) is 20.1 Å². The largest absolute Gasteiger partial charge is 0.479 e. The van der Waals surface area contributed by atoms with Crippen molar-refractivity contribution < 1.29 is 162 Å². The van der Waals surface area contributed by atoms with Crippen LogP contribution in [-0.2, 0) is 70.9 Å². The van der Waals surface area contributed by atoms with Crippen molar-refractivity contribution in [3.8, 4) is 0 Å². The number of ether oxygens (including phenoxy) is 9. The maximum Gasteiger partial charge on any atom is 0.470 e. The number of amides is 2. The fraction of sp³-hybridized carbons (Fsp3) is 0.787. The van der Waals surface area contributed by atoms with Gasteiger partial charge in [-0.15, -0.1) is 0 Å². The van der Waals surface area contributed by atoms with Crippen LogP contribution in [0.15, 0.2) is 17.6 Å². The standard InChI is InChI=1S/C25H42N4O14.C22H32N5O19P/c1-8(33)26-14-17(36)16(35)11(6-31)39-23(14)42-22-12(7-32)40-24(15(19(22)38)27-9(2)34)41-21-10(5-30)20-13(18(21)37)28-25(43-20)29(3)4;23-17-7-18(25-3-24-17)27(4-26-7)19-10(31)8(29)6(43-19)2-42-14-5(1-28)44-22(11(32)9(14)30)45-16(21(37)38)12(33)15(13(34)20(35)36)46-47(39,40)41/h10-24,30-32,35-38H,5-7H2,1-4H3,(H,26,33)(H,27,34);3-6,8-16,19,22,28-34H,1-2H2,(H,35,36)(H,37,38)(H2,23,24,25)(H2,39,40,41)/t10-,11+,12+,13+,14+,15+,16+,17-,18+,19-,20-,21+,22+,23-,24-;5-,6-,8-,9-,10-,11-,12-,13+,14-,15+,16-,19-,22-/m01/s1. The van der Waals surface area contributed by atoms with E-state index in [0.29, 0.717) is 0 Å². The van der Waals surface area contributed by atoms with Gasteiger partial charge in [0, 0.05) is 27.9 Å². The summed E-state index contributed by atoms with van der Waals surface area (Å²) in [7, 11) is -2.23. The first kappa shape index (κ1) is 72.2. The number of aliphatic hydroxyl groups excluding tert-OH is 14. The van der Waals surface area contributed by atoms with E-state index in [1.54, 1.807) is 19.0 Å². The quantitative estimate of drug-likeness (QED) is 0.0459. The molecule has 5 fully saturated rings. The Labute approximate surface area is 506 Å². The molecule has 28 atom stereocenters. The molecule has 6 aliphatic rings. The van der Waals surface area contributed by atoms with Crippen molar-refractivity contribution in [3.05, 3.63) is 12.7 Å². The zero-order chi connectivity index (χ0) is 66.7. The van der Waals surface area contributed by atoms with Crippen molar-refractivity contribution in [1.82, 2.24) is 35.1 Å². The van der Waals surface area contributed by atoms with Gasteiger partial charge in [-0.1, -0.05) is 0 Å². The second-order valence-electron chi connectivity index (χ2n) is 21.7. The molecule has 0 unspecified atom stereocenters. The molecule has 2 aromatic heterocycles. The Morgan fingerprint density at radius 2 is 1.26 bits per heavy atom. The first-order valence-corrected chi connectivity index (χ1v) is 28.8. The van der Waals surface area contributed by atoms with Crippen molar-refractivity contribution >= 4 is 54.6 Å². The molecular weight excluding hydrogens is 1250 g/mol. The van der Waals surface area contributed by atoms with Crippen LogP contribution in [0.2, 0.25) is 0 Å². The van der Waals surface area contributed by atoms with Gasteiger partial charge < -0.3 is 155 Å². The number of anilines is 1. The third kappa shape index (κ3) is 15.7. The van der Waals surface area contributed by atoms with E-state index in [0.717, 1.165) is 13.3 Å². The van der Waals surface area contributed by atoms with Crippen LogP contribution in [0.5, 0.6) is 0 Å². The number of nitrogens with zero attached hydrogens (tertiary/aromatic N) is 6. The number of nitrogens with two attached hydrogens (primary N) is 1. The van der Waals surface area contributed by atoms with Gasteiger partial charge in [-0.2, -0.15) is 0 Å². The summed E-state index contributed by atoms with van der Waals surface area (Å²) in [4.78, 5) is 83.0. The number of amidine groups is 1. The number of aliphatic hydroxyl groups is 14. The van der Waals surface area contributed by atoms with Crippen LogP contribution in [0, 0.1) is 5.92 Å². The molecule has 22 N–H and O–H groups in total. The van der Waals surface area contributed by atoms with E-state index in [9.17, 15) is 100 Å². The summed E-state index contributed by atoms with van der Waals surface area (Å²) in [5, 5.41) is 170. The van der Waals surface area contributed by atoms with Crippen molar-refractivity contribution in [2.24, 2.45) is 10.9 Å². The molecule has 2 amide bonds. The number of nitrogens with one attached hydrogen (secondary N) is 2. The monoisotopic (exact) mass is 1320 g/mol. The molecule has 0 spiro atoms. The number of hydrogen-bond acceptors (Lipinski definition) is 35. The van der Waals surface area contributed by atoms with Gasteiger partial charge in [0.1, 0.15) is 134 Å². The molecule has 90 heavy (non-hydrogen) atoms. The number of aliphatic carboxylic acids is 2. The number of rotatable bonds is 23. The van der Waals surface area contributed by atoms with E-state index >= 15 is 0 Å². The number of nitrogen functional groups attached to an aromatic ring is 1. The summed E-state index contributed by atoms with van der Waals surface area (Å²) < 4.78 is 67.5. The van der Waals surface area contributed by atoms with Crippen LogP contribution >= 0.6 is 7.82 Å². The van der Waals surface area contributed by atoms with Crippen molar-refractivity contribution in [2.75, 3.05) is 52.9 Å². The maximum absolute atomic E-state index is 12.2. The number of imidazole rings is 1. The van der Waals surface area contributed by atoms with Crippen molar-refractivity contribution in [3.63, 3.8) is 0 Å². The van der Waals surface area contributed by atoms with Crippen LogP contribution in [-0.4, -0.2) is 352 Å². The molecule has 0 radical (unpaired) electrons. The molecule has 1 saturated carbocycles. The van der Waals surface area contributed by atoms with E-state index in [1.807, 2.05) is 0 Å². The number of fused-ring (bicyclic) bond motifs is 2. The average Bonchev–Trinajstić information content (AvgIpc) is 1.70. The molecular formula is C47H74N9O33P. The van der Waals surface area contributed by atoms with Gasteiger partial charge in [0.05, 0.1) is 51.4 Å². The Hall–Kier alpha value is -5.27. The van der Waals surface area contributed by atoms with E-state index in [-0.39, 0.29) is 23.0 Å². The minimum Gasteiger partial charge on any atom is -0.479 e. The molecule has 1 aliphatic carbocycles. The Bertz CT molecular complexity index is 2840. The lowest BCUT2D eigenvalue weighted by Gasteiger charge is -2.48. The Morgan fingerprint density at radius 3 is 1.81 bits per heavy atom. The van der Waals surface area contributed by atoms with E-state index < -0.39 is 236 Å². The first-order valence-electron chi connectivity index (χ1n) is 27.3. The molecule has 43 heteroatoms. The van der Waals surface area contributed by atoms with Crippen LogP contribution in [0.25, 0.3) is 11.2 Å². The predicted octanol–water partition coefficient (Wildman–Crippen LogP) is -12.4. The highest BCUT2D eigenvalue weighted by atomic mass is 31.2. The third-order valence-corrected chi connectivity index (χ3v) is 15.8. The van der Waals surface area contributed by atoms with Crippen molar-refractivity contribution in [2.45, 2.75) is 179 Å². The number of carboxylic acid groups (broad SMARTS) is 2. The number of hydrogen-bond donors (Lipinski definition) is 21. The Morgan fingerprint density at radius 1 is 0.689 bits per heavy atom. The van der Waals surface area contributed by atoms with E-state index in [2.05, 4.69) is 35.1 Å². The molecule has 7 heterocycles. The lowest BCUT2D eigenvalue weighted by atomic mass is 9.94. The number of carboxylic acids is 2. The number of aliphatic imine (C=N–C) groups is 1. The van der Waals surface area contributed by atoms with Gasteiger partial charge >= 0.3 is 19.8 Å². The number of carbonyl (C=O) groups is 4. The molecule has 2 aromatic rings. The Kier molecular flexibility index (Phi) is 24.2. The third-order valence-electron chi connectivity index (χ3n) is 15.3. The normalized spacial score (nSPS) is 38.2. The van der Waals surface area contributed by atoms with Crippen LogP contribution in [0.3, 0.4) is 0 Å². The second-order valence-corrected chi connectivity index (χ2v) is 22.8. The lowest BCUT2D eigenvalue weighted by Crippen LogP contribution is -2.69. The Balaban J connectivity index is 0.000000257. The van der Waals surface area contributed by atoms with Crippen LogP contribution in [0.4, 0.5) is 5.82 Å². The van der Waals surface area contributed by atoms with Gasteiger partial charge in [-0.3, -0.25) is 18.7 Å². The summed E-state index contributed by atoms with van der Waals surface area (Å²) in [6, 6.07) is -3.21. The lowest BCUT2D eigenvalue weighted by molar-refractivity contribution is -0.339. The van der Waals surface area contributed by atoms with Gasteiger partial charge in [0.25, 0.3) is 6.02 Å². The number of aromatic nitrogens is 4. The molecule has 42 nitrogen and oxygen atoms in total. The van der Waals surface area contributed by atoms with Gasteiger partial charge in [-0.05, 0) is 0 Å². The van der Waals surface area contributed by atoms with Gasteiger partial charge in [0.15, 0.2) is 48.8 Å². The van der Waals surface area contributed by atoms with E-state index in [1.165, 1.54) is 17.8 Å². The minimum absolute atomic E-state index is 0.0418. The number of phosphoric ester groups is 1. The zero-order valence-electron chi connectivity index (χ0n) is 47.7. The van der Waals surface area contributed by atoms with Crippen molar-refractivity contribution in [1.29, 1.82) is 0 Å². The highest BCUT2D eigenvalue weighted by Crippen LogP contribution is 2.42. The highest BCUT2D eigenvalue weighted by Gasteiger charge is 2.59. The SMILES string of the molecule is CC(=O)N[C@H]1[C@H](O[C@H]2[C@@H](O)[C@@H](NC(C)=O)[C@H](O[C@H]3[C@H](O)[C@H]4N=C(N(C)C)O[C@H]4[C@@H]3CO)O[C@@H]2CO)O[C@H](CO)[C@@H](O)[C@H]1O.Nc1ncnc2c1ncn2[C@@H]1O[C@H](CO[C@H]2[C@H](O)[C@@H](O)[C@@H](O[C@@H](C(=O)O)[C@H](O)[C@H](OP(=O)(O)O)[C@H](O)C(=O)O)O[C@@H]2CO)[C@@H](O)[C@H]1O. The van der Waals surface area contributed by atoms with Gasteiger partial charge in [-0.25, -0.2) is 34.1 Å². The second kappa shape index (κ2) is 30.2. The molecule has 8 rings (SSSR count). The van der Waals surface area contributed by atoms with Gasteiger partial charge in [0.2, 0.25) is 11.8 Å². The molecule has 0 aromatic carbocycles. The molecule has 4 saturated heterocycles. The summed E-state index contributed by atoms with van der Waals surface area (Å²) in [5.74, 6) is -6.25. The minimum atomic E-state index is -5.64. The average molecular weight is 1320 g/mol. The smallest absolute Gasteiger partial charge is 0.470 e. The number of carbonyl (C=O) groups excluding carboxylic acids is 2. The summed E-state index contributed by atoms with van der Waals surface area (Å²) >= 11 is 0. The molecule has 510 valence electrons. The van der Waals surface area contributed by atoms with Crippen LogP contribution < -0.4 is 16.4 Å². The topological polar surface area (TPSA) is 651 Å². The number of phosphoric acid groups is 1. The summed E-state index contributed by atoms with van der Waals surface area (Å²) in [5.41, 5.74) is 6.13. The molecule has 0 bridgehead atoms. The predicted molar refractivity (Wildman–Crippen MR) is 283 cm³/mol. The summed E-state index contributed by atoms with van der Waals surface area (Å²) in [6.45, 7) is -1.17. The highest BCUT2D eigenvalue weighted by molar-refractivity contribution is 7.46. The molecule has 5 aliphatic heterocycles. The maximum atomic E-state index is 12.2.